The molecule has 0 saturated carbocycles. The topological polar surface area (TPSA) is 53.4 Å². The molecule has 0 radical (unpaired) electrons. The van der Waals surface area contributed by atoms with Crippen molar-refractivity contribution in [2.75, 3.05) is 37.6 Å². The number of carbonyl (C=O) groups is 1. The van der Waals surface area contributed by atoms with Gasteiger partial charge in [-0.05, 0) is 37.0 Å². The number of amides is 1. The van der Waals surface area contributed by atoms with Gasteiger partial charge in [0.2, 0.25) is 11.9 Å². The van der Waals surface area contributed by atoms with E-state index >= 15 is 0 Å². The molecule has 0 spiro atoms. The van der Waals surface area contributed by atoms with Crippen molar-refractivity contribution in [3.05, 3.63) is 59.2 Å². The van der Waals surface area contributed by atoms with Crippen LogP contribution in [0.15, 0.2) is 42.5 Å². The second-order valence-corrected chi connectivity index (χ2v) is 8.82. The molecule has 2 aliphatic heterocycles. The summed E-state index contributed by atoms with van der Waals surface area (Å²) in [4.78, 5) is 21.6. The first-order chi connectivity index (χ1) is 15.1. The standard InChI is InChI=1S/C25H31N5O/c1-18(16-20-6-4-3-5-7-20)30-23-9-8-21-10-13-29(19(2)31)17-22(21)24(23)27-25(30)28-14-11-26-12-15-28/h3-9,18,26H,10-17H2,1-2H3/t18-/m1/s1. The Bertz CT molecular complexity index is 1080. The highest BCUT2D eigenvalue weighted by atomic mass is 16.2. The average Bonchev–Trinajstić information content (AvgIpc) is 3.20. The molecule has 0 unspecified atom stereocenters. The molecule has 1 amide bonds. The first-order valence-electron chi connectivity index (χ1n) is 11.4. The van der Waals surface area contributed by atoms with Gasteiger partial charge in [-0.1, -0.05) is 36.4 Å². The summed E-state index contributed by atoms with van der Waals surface area (Å²) in [6.07, 6.45) is 1.86. The van der Waals surface area contributed by atoms with Crippen molar-refractivity contribution >= 4 is 22.9 Å². The Morgan fingerprint density at radius 2 is 1.87 bits per heavy atom. The van der Waals surface area contributed by atoms with Gasteiger partial charge in [0.05, 0.1) is 11.0 Å². The van der Waals surface area contributed by atoms with E-state index in [2.05, 4.69) is 64.2 Å². The molecular weight excluding hydrogens is 386 g/mol. The Labute approximate surface area is 183 Å². The summed E-state index contributed by atoms with van der Waals surface area (Å²) >= 11 is 0. The van der Waals surface area contributed by atoms with Gasteiger partial charge in [-0.25, -0.2) is 4.98 Å². The summed E-state index contributed by atoms with van der Waals surface area (Å²) in [5, 5.41) is 3.45. The lowest BCUT2D eigenvalue weighted by Gasteiger charge is -2.30. The number of fused-ring (bicyclic) bond motifs is 3. The summed E-state index contributed by atoms with van der Waals surface area (Å²) in [7, 11) is 0. The van der Waals surface area contributed by atoms with Gasteiger partial charge in [-0.3, -0.25) is 4.79 Å². The van der Waals surface area contributed by atoms with Crippen LogP contribution in [0.1, 0.15) is 36.6 Å². The van der Waals surface area contributed by atoms with E-state index in [0.717, 1.165) is 57.0 Å². The third-order valence-electron chi connectivity index (χ3n) is 6.71. The van der Waals surface area contributed by atoms with Crippen LogP contribution in [0.25, 0.3) is 11.0 Å². The van der Waals surface area contributed by atoms with Crippen LogP contribution >= 0.6 is 0 Å². The van der Waals surface area contributed by atoms with E-state index in [-0.39, 0.29) is 11.9 Å². The molecule has 2 aromatic carbocycles. The van der Waals surface area contributed by atoms with Crippen LogP contribution in [0.4, 0.5) is 5.95 Å². The molecule has 3 heterocycles. The van der Waals surface area contributed by atoms with E-state index in [4.69, 9.17) is 4.98 Å². The van der Waals surface area contributed by atoms with Gasteiger partial charge in [0, 0.05) is 57.8 Å². The highest BCUT2D eigenvalue weighted by Gasteiger charge is 2.27. The highest BCUT2D eigenvalue weighted by molar-refractivity contribution is 5.85. The number of carbonyl (C=O) groups excluding carboxylic acids is 1. The van der Waals surface area contributed by atoms with Gasteiger partial charge in [-0.2, -0.15) is 0 Å². The van der Waals surface area contributed by atoms with Crippen molar-refractivity contribution in [3.63, 3.8) is 0 Å². The molecule has 6 heteroatoms. The minimum Gasteiger partial charge on any atom is -0.340 e. The van der Waals surface area contributed by atoms with Crippen molar-refractivity contribution < 1.29 is 4.79 Å². The molecule has 1 atom stereocenters. The second kappa shape index (κ2) is 8.35. The Morgan fingerprint density at radius 3 is 2.61 bits per heavy atom. The lowest BCUT2D eigenvalue weighted by molar-refractivity contribution is -0.129. The zero-order valence-electron chi connectivity index (χ0n) is 18.5. The summed E-state index contributed by atoms with van der Waals surface area (Å²) in [5.41, 5.74) is 6.14. The van der Waals surface area contributed by atoms with E-state index < -0.39 is 0 Å². The number of benzene rings is 2. The van der Waals surface area contributed by atoms with Crippen molar-refractivity contribution in [3.8, 4) is 0 Å². The summed E-state index contributed by atoms with van der Waals surface area (Å²) in [6, 6.07) is 15.5. The van der Waals surface area contributed by atoms with Gasteiger partial charge in [-0.15, -0.1) is 0 Å². The predicted molar refractivity (Wildman–Crippen MR) is 124 cm³/mol. The number of imidazole rings is 1. The van der Waals surface area contributed by atoms with Gasteiger partial charge in [0.15, 0.2) is 0 Å². The molecule has 162 valence electrons. The average molecular weight is 418 g/mol. The van der Waals surface area contributed by atoms with E-state index in [9.17, 15) is 4.79 Å². The predicted octanol–water partition coefficient (Wildman–Crippen LogP) is 3.15. The Hall–Kier alpha value is -2.86. The summed E-state index contributed by atoms with van der Waals surface area (Å²) in [6.45, 7) is 9.29. The van der Waals surface area contributed by atoms with Crippen LogP contribution in [0.3, 0.4) is 0 Å². The molecule has 1 fully saturated rings. The lowest BCUT2D eigenvalue weighted by Crippen LogP contribution is -2.44. The maximum absolute atomic E-state index is 12.1. The maximum Gasteiger partial charge on any atom is 0.219 e. The molecule has 0 bridgehead atoms. The monoisotopic (exact) mass is 417 g/mol. The van der Waals surface area contributed by atoms with E-state index in [1.54, 1.807) is 6.92 Å². The zero-order valence-corrected chi connectivity index (χ0v) is 18.5. The molecular formula is C25H31N5O. The van der Waals surface area contributed by atoms with E-state index in [0.29, 0.717) is 6.54 Å². The van der Waals surface area contributed by atoms with Crippen LogP contribution < -0.4 is 10.2 Å². The zero-order chi connectivity index (χ0) is 21.4. The minimum absolute atomic E-state index is 0.141. The number of piperazine rings is 1. The summed E-state index contributed by atoms with van der Waals surface area (Å²) < 4.78 is 2.43. The smallest absolute Gasteiger partial charge is 0.219 e. The third kappa shape index (κ3) is 3.81. The van der Waals surface area contributed by atoms with Gasteiger partial charge in [0.25, 0.3) is 0 Å². The molecule has 1 saturated heterocycles. The van der Waals surface area contributed by atoms with Crippen molar-refractivity contribution in [2.45, 2.75) is 39.3 Å². The van der Waals surface area contributed by atoms with E-state index in [1.807, 2.05) is 4.90 Å². The van der Waals surface area contributed by atoms with Gasteiger partial charge in [0.1, 0.15) is 0 Å². The number of anilines is 1. The number of rotatable bonds is 4. The molecule has 2 aliphatic rings. The molecule has 0 aliphatic carbocycles. The lowest BCUT2D eigenvalue weighted by atomic mass is 9.98. The number of hydrogen-bond donors (Lipinski definition) is 1. The van der Waals surface area contributed by atoms with E-state index in [1.165, 1.54) is 22.2 Å². The molecule has 5 rings (SSSR count). The Morgan fingerprint density at radius 1 is 1.10 bits per heavy atom. The number of nitrogens with one attached hydrogen (secondary N) is 1. The highest BCUT2D eigenvalue weighted by Crippen LogP contribution is 2.34. The second-order valence-electron chi connectivity index (χ2n) is 8.82. The van der Waals surface area contributed by atoms with Crippen molar-refractivity contribution in [1.82, 2.24) is 19.8 Å². The molecule has 3 aromatic rings. The Kier molecular flexibility index (Phi) is 5.40. The number of hydrogen-bond acceptors (Lipinski definition) is 4. The van der Waals surface area contributed by atoms with Crippen LogP contribution in [-0.2, 0) is 24.2 Å². The van der Waals surface area contributed by atoms with Crippen LogP contribution in [-0.4, -0.2) is 53.1 Å². The fourth-order valence-electron chi connectivity index (χ4n) is 5.02. The minimum atomic E-state index is 0.141. The largest absolute Gasteiger partial charge is 0.340 e. The normalized spacial score (nSPS) is 17.6. The fourth-order valence-corrected chi connectivity index (χ4v) is 5.02. The van der Waals surface area contributed by atoms with Crippen LogP contribution in [0, 0.1) is 0 Å². The number of aromatic nitrogens is 2. The van der Waals surface area contributed by atoms with Crippen molar-refractivity contribution in [2.24, 2.45) is 0 Å². The maximum atomic E-state index is 12.1. The first kappa shape index (κ1) is 20.1. The van der Waals surface area contributed by atoms with Gasteiger partial charge >= 0.3 is 0 Å². The quantitative estimate of drug-likeness (QED) is 0.709. The Balaban J connectivity index is 1.61. The first-order valence-corrected chi connectivity index (χ1v) is 11.4. The molecule has 1 N–H and O–H groups in total. The molecule has 6 nitrogen and oxygen atoms in total. The number of nitrogens with zero attached hydrogens (tertiary/aromatic N) is 4. The third-order valence-corrected chi connectivity index (χ3v) is 6.71. The van der Waals surface area contributed by atoms with Gasteiger partial charge < -0.3 is 19.7 Å². The van der Waals surface area contributed by atoms with Crippen LogP contribution in [0.2, 0.25) is 0 Å². The molecule has 1 aromatic heterocycles. The SMILES string of the molecule is CC(=O)N1CCc2ccc3c(nc(N4CCNCC4)n3[C@H](C)Cc3ccccc3)c2C1. The van der Waals surface area contributed by atoms with Crippen molar-refractivity contribution in [1.29, 1.82) is 0 Å². The van der Waals surface area contributed by atoms with Crippen LogP contribution in [0.5, 0.6) is 0 Å². The summed E-state index contributed by atoms with van der Waals surface area (Å²) in [5.74, 6) is 1.20. The fraction of sp³-hybridized carbons (Fsp3) is 0.440. The molecule has 31 heavy (non-hydrogen) atoms.